The summed E-state index contributed by atoms with van der Waals surface area (Å²) in [7, 11) is 0. The van der Waals surface area contributed by atoms with Crippen molar-refractivity contribution >= 4 is 17.5 Å². The average molecular weight is 346 g/mol. The average Bonchev–Trinajstić information content (AvgIpc) is 3.07. The molecule has 1 aliphatic rings. The first-order valence-electron chi connectivity index (χ1n) is 8.76. The molecular formula is C19H24ClN3O. The molecular weight excluding hydrogens is 322 g/mol. The molecule has 2 aromatic rings. The van der Waals surface area contributed by atoms with E-state index in [1.807, 2.05) is 35.4 Å². The molecule has 1 aromatic heterocycles. The summed E-state index contributed by atoms with van der Waals surface area (Å²) in [5.74, 6) is 0.0924. The molecule has 0 atom stereocenters. The van der Waals surface area contributed by atoms with Crippen LogP contribution in [0.4, 0.5) is 0 Å². The topological polar surface area (TPSA) is 38.1 Å². The Balaban J connectivity index is 1.71. The van der Waals surface area contributed by atoms with Crippen molar-refractivity contribution in [3.8, 4) is 0 Å². The maximum absolute atomic E-state index is 12.9. The fourth-order valence-corrected chi connectivity index (χ4v) is 3.68. The summed E-state index contributed by atoms with van der Waals surface area (Å²) in [6.45, 7) is 3.38. The maximum Gasteiger partial charge on any atom is 0.257 e. The van der Waals surface area contributed by atoms with E-state index < -0.39 is 0 Å². The number of aromatic nitrogens is 2. The van der Waals surface area contributed by atoms with Crippen LogP contribution < -0.4 is 0 Å². The first-order valence-corrected chi connectivity index (χ1v) is 9.13. The molecule has 1 amide bonds. The molecule has 0 saturated heterocycles. The maximum atomic E-state index is 12.9. The standard InChI is InChI=1S/C19H24ClN3O/c1-2-23(17-9-4-3-5-10-17)19(24)16-12-21-22(14-16)13-15-8-6-7-11-18(15)20/h6-8,11-12,14,17H,2-5,9-10,13H2,1H3. The van der Waals surface area contributed by atoms with Crippen LogP contribution in [-0.4, -0.2) is 33.2 Å². The van der Waals surface area contributed by atoms with Gasteiger partial charge in [0.15, 0.2) is 0 Å². The van der Waals surface area contributed by atoms with Crippen LogP contribution in [0.2, 0.25) is 5.02 Å². The van der Waals surface area contributed by atoms with Crippen LogP contribution in [0, 0.1) is 0 Å². The molecule has 5 heteroatoms. The van der Waals surface area contributed by atoms with Crippen molar-refractivity contribution < 1.29 is 4.79 Å². The van der Waals surface area contributed by atoms with Crippen LogP contribution in [0.25, 0.3) is 0 Å². The summed E-state index contributed by atoms with van der Waals surface area (Å²) in [6, 6.07) is 8.09. The first kappa shape index (κ1) is 17.0. The van der Waals surface area contributed by atoms with Gasteiger partial charge in [0.05, 0.1) is 18.3 Å². The van der Waals surface area contributed by atoms with Crippen molar-refractivity contribution in [1.29, 1.82) is 0 Å². The highest BCUT2D eigenvalue weighted by Crippen LogP contribution is 2.24. The fraction of sp³-hybridized carbons (Fsp3) is 0.474. The molecule has 1 fully saturated rings. The smallest absolute Gasteiger partial charge is 0.257 e. The number of rotatable bonds is 5. The number of halogens is 1. The summed E-state index contributed by atoms with van der Waals surface area (Å²) >= 11 is 6.20. The van der Waals surface area contributed by atoms with Crippen LogP contribution in [0.15, 0.2) is 36.7 Å². The Kier molecular flexibility index (Phi) is 5.56. The van der Waals surface area contributed by atoms with Crippen LogP contribution >= 0.6 is 11.6 Å². The van der Waals surface area contributed by atoms with Gasteiger partial charge in [-0.3, -0.25) is 9.48 Å². The third kappa shape index (κ3) is 3.81. The second-order valence-corrected chi connectivity index (χ2v) is 6.81. The highest BCUT2D eigenvalue weighted by Gasteiger charge is 2.25. The lowest BCUT2D eigenvalue weighted by Gasteiger charge is -2.33. The van der Waals surface area contributed by atoms with E-state index in [0.29, 0.717) is 18.2 Å². The van der Waals surface area contributed by atoms with Gasteiger partial charge in [-0.15, -0.1) is 0 Å². The molecule has 0 aliphatic heterocycles. The number of carbonyl (C=O) groups is 1. The number of hydrogen-bond acceptors (Lipinski definition) is 2. The number of amides is 1. The predicted octanol–water partition coefficient (Wildman–Crippen LogP) is 4.38. The van der Waals surface area contributed by atoms with E-state index >= 15 is 0 Å². The summed E-state index contributed by atoms with van der Waals surface area (Å²) in [4.78, 5) is 14.9. The largest absolute Gasteiger partial charge is 0.336 e. The van der Waals surface area contributed by atoms with Gasteiger partial charge in [0.2, 0.25) is 0 Å². The van der Waals surface area contributed by atoms with Crippen LogP contribution in [-0.2, 0) is 6.54 Å². The van der Waals surface area contributed by atoms with Gasteiger partial charge in [0.1, 0.15) is 0 Å². The van der Waals surface area contributed by atoms with Gasteiger partial charge in [-0.2, -0.15) is 5.10 Å². The van der Waals surface area contributed by atoms with Crippen molar-refractivity contribution in [2.24, 2.45) is 0 Å². The van der Waals surface area contributed by atoms with Crippen molar-refractivity contribution in [2.75, 3.05) is 6.54 Å². The zero-order chi connectivity index (χ0) is 16.9. The van der Waals surface area contributed by atoms with E-state index in [0.717, 1.165) is 30.0 Å². The van der Waals surface area contributed by atoms with E-state index in [1.165, 1.54) is 19.3 Å². The molecule has 0 radical (unpaired) electrons. The van der Waals surface area contributed by atoms with E-state index in [9.17, 15) is 4.79 Å². The predicted molar refractivity (Wildman–Crippen MR) is 96.4 cm³/mol. The van der Waals surface area contributed by atoms with Crippen molar-refractivity contribution in [3.63, 3.8) is 0 Å². The molecule has 0 unspecified atom stereocenters. The van der Waals surface area contributed by atoms with Gasteiger partial charge in [0.25, 0.3) is 5.91 Å². The molecule has 128 valence electrons. The van der Waals surface area contributed by atoms with E-state index in [1.54, 1.807) is 10.9 Å². The first-order chi connectivity index (χ1) is 11.7. The van der Waals surface area contributed by atoms with Gasteiger partial charge in [-0.25, -0.2) is 0 Å². The molecule has 1 heterocycles. The van der Waals surface area contributed by atoms with Crippen LogP contribution in [0.3, 0.4) is 0 Å². The number of carbonyl (C=O) groups excluding carboxylic acids is 1. The highest BCUT2D eigenvalue weighted by molar-refractivity contribution is 6.31. The molecule has 4 nitrogen and oxygen atoms in total. The van der Waals surface area contributed by atoms with E-state index in [2.05, 4.69) is 12.0 Å². The second kappa shape index (κ2) is 7.84. The van der Waals surface area contributed by atoms with Crippen LogP contribution in [0.1, 0.15) is 54.9 Å². The Morgan fingerprint density at radius 3 is 2.75 bits per heavy atom. The van der Waals surface area contributed by atoms with E-state index in [4.69, 9.17) is 11.6 Å². The van der Waals surface area contributed by atoms with Gasteiger partial charge in [0, 0.05) is 23.8 Å². The van der Waals surface area contributed by atoms with Crippen LogP contribution in [0.5, 0.6) is 0 Å². The summed E-state index contributed by atoms with van der Waals surface area (Å²) in [6.07, 6.45) is 9.47. The normalized spacial score (nSPS) is 15.4. The van der Waals surface area contributed by atoms with Gasteiger partial charge < -0.3 is 4.90 Å². The number of benzene rings is 1. The Morgan fingerprint density at radius 1 is 1.29 bits per heavy atom. The third-order valence-electron chi connectivity index (χ3n) is 4.79. The zero-order valence-corrected chi connectivity index (χ0v) is 14.9. The molecule has 0 N–H and O–H groups in total. The molecule has 1 aromatic carbocycles. The summed E-state index contributed by atoms with van der Waals surface area (Å²) in [5, 5.41) is 5.07. The monoisotopic (exact) mass is 345 g/mol. The lowest BCUT2D eigenvalue weighted by Crippen LogP contribution is -2.41. The number of hydrogen-bond donors (Lipinski definition) is 0. The summed E-state index contributed by atoms with van der Waals surface area (Å²) in [5.41, 5.74) is 1.66. The molecule has 1 saturated carbocycles. The van der Waals surface area contributed by atoms with Crippen molar-refractivity contribution in [3.05, 3.63) is 52.8 Å². The lowest BCUT2D eigenvalue weighted by molar-refractivity contribution is 0.0648. The SMILES string of the molecule is CCN(C(=O)c1cnn(Cc2ccccc2Cl)c1)C1CCCCC1. The van der Waals surface area contributed by atoms with Crippen molar-refractivity contribution in [1.82, 2.24) is 14.7 Å². The van der Waals surface area contributed by atoms with Crippen molar-refractivity contribution in [2.45, 2.75) is 51.6 Å². The number of nitrogens with zero attached hydrogens (tertiary/aromatic N) is 3. The quantitative estimate of drug-likeness (QED) is 0.806. The summed E-state index contributed by atoms with van der Waals surface area (Å²) < 4.78 is 1.78. The molecule has 1 aliphatic carbocycles. The Labute approximate surface area is 148 Å². The molecule has 0 bridgehead atoms. The Hall–Kier alpha value is -1.81. The van der Waals surface area contributed by atoms with Gasteiger partial charge >= 0.3 is 0 Å². The Morgan fingerprint density at radius 2 is 2.04 bits per heavy atom. The fourth-order valence-electron chi connectivity index (χ4n) is 3.49. The second-order valence-electron chi connectivity index (χ2n) is 6.40. The minimum Gasteiger partial charge on any atom is -0.336 e. The molecule has 3 rings (SSSR count). The van der Waals surface area contributed by atoms with Gasteiger partial charge in [-0.05, 0) is 31.4 Å². The highest BCUT2D eigenvalue weighted by atomic mass is 35.5. The molecule has 24 heavy (non-hydrogen) atoms. The minimum atomic E-state index is 0.0924. The zero-order valence-electron chi connectivity index (χ0n) is 14.1. The minimum absolute atomic E-state index is 0.0924. The van der Waals surface area contributed by atoms with Gasteiger partial charge in [-0.1, -0.05) is 49.1 Å². The third-order valence-corrected chi connectivity index (χ3v) is 5.16. The lowest BCUT2D eigenvalue weighted by atomic mass is 9.94. The van der Waals surface area contributed by atoms with E-state index in [-0.39, 0.29) is 5.91 Å². The Bertz CT molecular complexity index is 691. The molecule has 0 spiro atoms.